The van der Waals surface area contributed by atoms with E-state index in [0.29, 0.717) is 0 Å². The Hall–Kier alpha value is -0.180. The van der Waals surface area contributed by atoms with Crippen molar-refractivity contribution in [3.63, 3.8) is 0 Å². The Kier molecular flexibility index (Phi) is 3.00. The van der Waals surface area contributed by atoms with Crippen LogP contribution in [-0.4, -0.2) is 31.5 Å². The Balaban J connectivity index is 4.22. The summed E-state index contributed by atoms with van der Waals surface area (Å²) in [6, 6.07) is 0. The highest BCUT2D eigenvalue weighted by Crippen LogP contribution is 2.35. The SMILES string of the molecule is CN(C)CC(F)(F)C(C)(C)C. The molecule has 0 spiro atoms. The van der Waals surface area contributed by atoms with Crippen molar-refractivity contribution in [1.82, 2.24) is 4.90 Å². The minimum Gasteiger partial charge on any atom is -0.304 e. The van der Waals surface area contributed by atoms with Gasteiger partial charge < -0.3 is 4.90 Å². The topological polar surface area (TPSA) is 3.24 Å². The van der Waals surface area contributed by atoms with E-state index in [4.69, 9.17) is 0 Å². The Labute approximate surface area is 67.4 Å². The minimum atomic E-state index is -2.61. The maximum atomic E-state index is 13.1. The lowest BCUT2D eigenvalue weighted by Crippen LogP contribution is -2.42. The van der Waals surface area contributed by atoms with E-state index < -0.39 is 11.3 Å². The van der Waals surface area contributed by atoms with Gasteiger partial charge in [-0.05, 0) is 14.1 Å². The lowest BCUT2D eigenvalue weighted by molar-refractivity contribution is -0.109. The van der Waals surface area contributed by atoms with Crippen molar-refractivity contribution in [2.75, 3.05) is 20.6 Å². The average molecular weight is 165 g/mol. The molecular formula is C8H17F2N. The van der Waals surface area contributed by atoms with Crippen LogP contribution >= 0.6 is 0 Å². The van der Waals surface area contributed by atoms with E-state index in [0.717, 1.165) is 0 Å². The summed E-state index contributed by atoms with van der Waals surface area (Å²) < 4.78 is 26.3. The largest absolute Gasteiger partial charge is 0.304 e. The predicted molar refractivity (Wildman–Crippen MR) is 43.0 cm³/mol. The van der Waals surface area contributed by atoms with Gasteiger partial charge in [0.05, 0.1) is 6.54 Å². The van der Waals surface area contributed by atoms with E-state index in [1.807, 2.05) is 0 Å². The Morgan fingerprint density at radius 1 is 1.09 bits per heavy atom. The monoisotopic (exact) mass is 165 g/mol. The van der Waals surface area contributed by atoms with E-state index in [9.17, 15) is 8.78 Å². The van der Waals surface area contributed by atoms with Crippen LogP contribution in [0.4, 0.5) is 8.78 Å². The highest BCUT2D eigenvalue weighted by molar-refractivity contribution is 4.83. The fourth-order valence-corrected chi connectivity index (χ4v) is 0.634. The van der Waals surface area contributed by atoms with Crippen molar-refractivity contribution < 1.29 is 8.78 Å². The molecule has 0 N–H and O–H groups in total. The molecule has 11 heavy (non-hydrogen) atoms. The number of hydrogen-bond acceptors (Lipinski definition) is 1. The summed E-state index contributed by atoms with van der Waals surface area (Å²) in [4.78, 5) is 1.51. The fraction of sp³-hybridized carbons (Fsp3) is 1.00. The second kappa shape index (κ2) is 3.05. The Bertz CT molecular complexity index is 125. The summed E-state index contributed by atoms with van der Waals surface area (Å²) in [6.45, 7) is 4.47. The van der Waals surface area contributed by atoms with Gasteiger partial charge in [-0.1, -0.05) is 20.8 Å². The lowest BCUT2D eigenvalue weighted by Gasteiger charge is -2.32. The van der Waals surface area contributed by atoms with E-state index in [1.54, 1.807) is 34.9 Å². The summed E-state index contributed by atoms with van der Waals surface area (Å²) in [6.07, 6.45) is 0. The van der Waals surface area contributed by atoms with Crippen molar-refractivity contribution in [1.29, 1.82) is 0 Å². The highest BCUT2D eigenvalue weighted by atomic mass is 19.3. The minimum absolute atomic E-state index is 0.184. The molecule has 0 aromatic heterocycles. The highest BCUT2D eigenvalue weighted by Gasteiger charge is 2.42. The zero-order chi connectivity index (χ0) is 9.28. The summed E-state index contributed by atoms with van der Waals surface area (Å²) >= 11 is 0. The first-order valence-corrected chi connectivity index (χ1v) is 3.69. The van der Waals surface area contributed by atoms with E-state index in [1.165, 1.54) is 4.90 Å². The number of alkyl halides is 2. The number of nitrogens with zero attached hydrogens (tertiary/aromatic N) is 1. The van der Waals surface area contributed by atoms with Crippen LogP contribution in [0.3, 0.4) is 0 Å². The van der Waals surface area contributed by atoms with Gasteiger partial charge in [0.25, 0.3) is 5.92 Å². The van der Waals surface area contributed by atoms with Crippen LogP contribution in [0, 0.1) is 5.41 Å². The molecule has 0 heterocycles. The molecule has 0 aromatic carbocycles. The third-order valence-electron chi connectivity index (χ3n) is 1.61. The predicted octanol–water partition coefficient (Wildman–Crippen LogP) is 2.23. The molecule has 0 fully saturated rings. The van der Waals surface area contributed by atoms with E-state index >= 15 is 0 Å². The van der Waals surface area contributed by atoms with Crippen molar-refractivity contribution in [3.05, 3.63) is 0 Å². The Morgan fingerprint density at radius 3 is 1.55 bits per heavy atom. The standard InChI is InChI=1S/C8H17F2N/c1-7(2,3)8(9,10)6-11(4)5/h6H2,1-5H3. The molecule has 0 saturated heterocycles. The molecular weight excluding hydrogens is 148 g/mol. The lowest BCUT2D eigenvalue weighted by atomic mass is 9.88. The van der Waals surface area contributed by atoms with Crippen molar-refractivity contribution in [3.8, 4) is 0 Å². The molecule has 0 unspecified atom stereocenters. The third-order valence-corrected chi connectivity index (χ3v) is 1.61. The van der Waals surface area contributed by atoms with Crippen molar-refractivity contribution in [2.24, 2.45) is 5.41 Å². The number of rotatable bonds is 2. The molecule has 0 bridgehead atoms. The molecule has 0 atom stereocenters. The zero-order valence-corrected chi connectivity index (χ0v) is 7.91. The molecule has 0 rings (SSSR count). The summed E-state index contributed by atoms with van der Waals surface area (Å²) in [5, 5.41) is 0. The molecule has 0 radical (unpaired) electrons. The first-order valence-electron chi connectivity index (χ1n) is 3.69. The first kappa shape index (κ1) is 10.8. The van der Waals surface area contributed by atoms with Gasteiger partial charge in [0.1, 0.15) is 0 Å². The smallest absolute Gasteiger partial charge is 0.265 e. The molecule has 0 aliphatic rings. The molecule has 68 valence electrons. The molecule has 0 aromatic rings. The van der Waals surface area contributed by atoms with Crippen LogP contribution in [0.5, 0.6) is 0 Å². The van der Waals surface area contributed by atoms with Gasteiger partial charge in [0.15, 0.2) is 0 Å². The normalized spacial score (nSPS) is 14.2. The van der Waals surface area contributed by atoms with E-state index in [2.05, 4.69) is 0 Å². The summed E-state index contributed by atoms with van der Waals surface area (Å²) in [5.41, 5.74) is -0.947. The van der Waals surface area contributed by atoms with Crippen LogP contribution in [0.1, 0.15) is 20.8 Å². The second-order valence-electron chi connectivity index (χ2n) is 4.19. The molecule has 1 nitrogen and oxygen atoms in total. The van der Waals surface area contributed by atoms with Gasteiger partial charge in [0, 0.05) is 5.41 Å². The van der Waals surface area contributed by atoms with Gasteiger partial charge in [-0.25, -0.2) is 8.78 Å². The van der Waals surface area contributed by atoms with Gasteiger partial charge >= 0.3 is 0 Å². The maximum absolute atomic E-state index is 13.1. The second-order valence-corrected chi connectivity index (χ2v) is 4.19. The van der Waals surface area contributed by atoms with Crippen molar-refractivity contribution in [2.45, 2.75) is 26.7 Å². The molecule has 0 amide bonds. The van der Waals surface area contributed by atoms with Gasteiger partial charge in [0.2, 0.25) is 0 Å². The first-order chi connectivity index (χ1) is 4.67. The Morgan fingerprint density at radius 2 is 1.45 bits per heavy atom. The van der Waals surface area contributed by atoms with Crippen LogP contribution in [0.2, 0.25) is 0 Å². The summed E-state index contributed by atoms with van der Waals surface area (Å²) in [5.74, 6) is -2.61. The third kappa shape index (κ3) is 3.14. The average Bonchev–Trinajstić information content (AvgIpc) is 1.56. The van der Waals surface area contributed by atoms with Crippen LogP contribution in [-0.2, 0) is 0 Å². The van der Waals surface area contributed by atoms with Crippen LogP contribution in [0.25, 0.3) is 0 Å². The van der Waals surface area contributed by atoms with Gasteiger partial charge in [-0.15, -0.1) is 0 Å². The maximum Gasteiger partial charge on any atom is 0.265 e. The van der Waals surface area contributed by atoms with Gasteiger partial charge in [-0.3, -0.25) is 0 Å². The summed E-state index contributed by atoms with van der Waals surface area (Å²) in [7, 11) is 3.30. The quantitative estimate of drug-likeness (QED) is 0.606. The molecule has 0 aliphatic carbocycles. The number of hydrogen-bond donors (Lipinski definition) is 0. The van der Waals surface area contributed by atoms with Gasteiger partial charge in [-0.2, -0.15) is 0 Å². The number of halogens is 2. The zero-order valence-electron chi connectivity index (χ0n) is 7.91. The molecule has 0 saturated carbocycles. The molecule has 3 heteroatoms. The molecule has 0 aliphatic heterocycles. The fourth-order valence-electron chi connectivity index (χ4n) is 0.634. The van der Waals surface area contributed by atoms with Crippen molar-refractivity contribution >= 4 is 0 Å². The van der Waals surface area contributed by atoms with Crippen LogP contribution < -0.4 is 0 Å². The van der Waals surface area contributed by atoms with E-state index in [-0.39, 0.29) is 6.54 Å². The van der Waals surface area contributed by atoms with Crippen LogP contribution in [0.15, 0.2) is 0 Å².